The van der Waals surface area contributed by atoms with Crippen molar-refractivity contribution in [1.82, 2.24) is 20.5 Å². The Labute approximate surface area is 208 Å². The second kappa shape index (κ2) is 10.3. The SMILES string of the molecule is O=C(NN=CC1=C(N2CCOCC2)/C(=C\c2ccc(Cl)cc2Cl)CC1)c1n[nH]c2c1CCCC2. The van der Waals surface area contributed by atoms with Crippen LogP contribution in [0.1, 0.15) is 53.0 Å². The lowest BCUT2D eigenvalue weighted by molar-refractivity contribution is 0.0548. The number of aromatic amines is 1. The number of halogens is 2. The van der Waals surface area contributed by atoms with E-state index in [0.717, 1.165) is 79.7 Å². The van der Waals surface area contributed by atoms with Crippen molar-refractivity contribution in [3.05, 3.63) is 67.6 Å². The molecule has 3 aliphatic rings. The van der Waals surface area contributed by atoms with Crippen LogP contribution in [-0.4, -0.2) is 53.5 Å². The second-order valence-electron chi connectivity index (χ2n) is 8.74. The highest BCUT2D eigenvalue weighted by Crippen LogP contribution is 2.36. The number of morpholine rings is 1. The predicted octanol–water partition coefficient (Wildman–Crippen LogP) is 4.77. The van der Waals surface area contributed by atoms with Crippen molar-refractivity contribution in [2.75, 3.05) is 26.3 Å². The third kappa shape index (κ3) is 4.92. The molecule has 5 rings (SSSR count). The first-order chi connectivity index (χ1) is 16.6. The molecule has 2 aliphatic carbocycles. The summed E-state index contributed by atoms with van der Waals surface area (Å²) in [7, 11) is 0. The maximum atomic E-state index is 12.7. The number of hydrogen-bond acceptors (Lipinski definition) is 5. The lowest BCUT2D eigenvalue weighted by Crippen LogP contribution is -2.36. The molecule has 2 aromatic rings. The number of amides is 1. The number of aryl methyl sites for hydroxylation is 1. The minimum atomic E-state index is -0.272. The van der Waals surface area contributed by atoms with Gasteiger partial charge in [0.1, 0.15) is 0 Å². The Kier molecular flexibility index (Phi) is 7.04. The van der Waals surface area contributed by atoms with E-state index in [1.165, 1.54) is 5.57 Å². The molecule has 34 heavy (non-hydrogen) atoms. The molecular weight excluding hydrogens is 473 g/mol. The number of hydrogen-bond donors (Lipinski definition) is 2. The zero-order chi connectivity index (χ0) is 23.5. The molecule has 0 unspecified atom stereocenters. The molecule has 7 nitrogen and oxygen atoms in total. The Bertz CT molecular complexity index is 1180. The third-order valence-electron chi connectivity index (χ3n) is 6.55. The minimum Gasteiger partial charge on any atom is -0.378 e. The molecule has 2 heterocycles. The summed E-state index contributed by atoms with van der Waals surface area (Å²) in [6.45, 7) is 2.99. The quantitative estimate of drug-likeness (QED) is 0.458. The highest BCUT2D eigenvalue weighted by Gasteiger charge is 2.26. The van der Waals surface area contributed by atoms with Crippen LogP contribution in [0.15, 0.2) is 40.1 Å². The van der Waals surface area contributed by atoms with Crippen LogP contribution in [-0.2, 0) is 17.6 Å². The Morgan fingerprint density at radius 1 is 1.15 bits per heavy atom. The highest BCUT2D eigenvalue weighted by atomic mass is 35.5. The Hall–Kier alpha value is -2.61. The first-order valence-corrected chi connectivity index (χ1v) is 12.5. The van der Waals surface area contributed by atoms with Crippen molar-refractivity contribution < 1.29 is 9.53 Å². The summed E-state index contributed by atoms with van der Waals surface area (Å²) in [5.74, 6) is -0.272. The van der Waals surface area contributed by atoms with E-state index in [1.807, 2.05) is 12.1 Å². The van der Waals surface area contributed by atoms with Crippen molar-refractivity contribution >= 4 is 41.4 Å². The summed E-state index contributed by atoms with van der Waals surface area (Å²) in [6.07, 6.45) is 9.63. The molecule has 0 atom stereocenters. The number of fused-ring (bicyclic) bond motifs is 1. The van der Waals surface area contributed by atoms with E-state index in [9.17, 15) is 4.79 Å². The van der Waals surface area contributed by atoms with Gasteiger partial charge in [-0.15, -0.1) is 0 Å². The van der Waals surface area contributed by atoms with Gasteiger partial charge in [0.2, 0.25) is 0 Å². The standard InChI is InChI=1S/C25H27Cl2N5O2/c26-19-8-7-16(21(27)14-19)13-17-5-6-18(24(17)32-9-11-34-12-10-32)15-28-31-25(33)23-20-3-1-2-4-22(20)29-30-23/h7-8,13-15H,1-6,9-12H2,(H,29,30)(H,31,33)/b17-13-,28-15?. The third-order valence-corrected chi connectivity index (χ3v) is 7.11. The van der Waals surface area contributed by atoms with Crippen molar-refractivity contribution in [1.29, 1.82) is 0 Å². The molecule has 1 amide bonds. The summed E-state index contributed by atoms with van der Waals surface area (Å²) in [6, 6.07) is 5.54. The molecule has 1 aliphatic heterocycles. The second-order valence-corrected chi connectivity index (χ2v) is 9.59. The fraction of sp³-hybridized carbons (Fsp3) is 0.400. The molecule has 1 saturated heterocycles. The zero-order valence-corrected chi connectivity index (χ0v) is 20.4. The lowest BCUT2D eigenvalue weighted by atomic mass is 9.96. The van der Waals surface area contributed by atoms with Crippen LogP contribution in [0.5, 0.6) is 0 Å². The molecule has 0 spiro atoms. The van der Waals surface area contributed by atoms with E-state index in [1.54, 1.807) is 12.3 Å². The van der Waals surface area contributed by atoms with Gasteiger partial charge in [0, 0.05) is 40.1 Å². The van der Waals surface area contributed by atoms with Crippen LogP contribution in [0.4, 0.5) is 0 Å². The number of rotatable bonds is 5. The summed E-state index contributed by atoms with van der Waals surface area (Å²) >= 11 is 12.5. The van der Waals surface area contributed by atoms with Crippen LogP contribution in [0.2, 0.25) is 10.0 Å². The van der Waals surface area contributed by atoms with Crippen LogP contribution in [0.25, 0.3) is 6.08 Å². The molecule has 2 N–H and O–H groups in total. The van der Waals surface area contributed by atoms with Gasteiger partial charge in [0.25, 0.3) is 5.91 Å². The van der Waals surface area contributed by atoms with Gasteiger partial charge >= 0.3 is 0 Å². The molecule has 1 aromatic carbocycles. The number of aromatic nitrogens is 2. The van der Waals surface area contributed by atoms with Gasteiger partial charge in [-0.25, -0.2) is 5.43 Å². The maximum absolute atomic E-state index is 12.7. The fourth-order valence-corrected chi connectivity index (χ4v) is 5.33. The number of carbonyl (C=O) groups is 1. The van der Waals surface area contributed by atoms with Crippen molar-refractivity contribution in [3.8, 4) is 0 Å². The van der Waals surface area contributed by atoms with Gasteiger partial charge in [-0.05, 0) is 73.4 Å². The minimum absolute atomic E-state index is 0.272. The molecule has 1 fully saturated rings. The van der Waals surface area contributed by atoms with E-state index >= 15 is 0 Å². The lowest BCUT2D eigenvalue weighted by Gasteiger charge is -2.31. The number of hydrazone groups is 1. The van der Waals surface area contributed by atoms with Crippen LogP contribution in [0, 0.1) is 0 Å². The van der Waals surface area contributed by atoms with Crippen molar-refractivity contribution in [3.63, 3.8) is 0 Å². The molecular formula is C25H27Cl2N5O2. The van der Waals surface area contributed by atoms with Gasteiger partial charge in [-0.1, -0.05) is 29.3 Å². The van der Waals surface area contributed by atoms with Crippen molar-refractivity contribution in [2.24, 2.45) is 5.10 Å². The molecule has 1 aromatic heterocycles. The van der Waals surface area contributed by atoms with Gasteiger partial charge in [0.05, 0.1) is 19.4 Å². The van der Waals surface area contributed by atoms with Crippen LogP contribution < -0.4 is 5.43 Å². The monoisotopic (exact) mass is 499 g/mol. The number of nitrogens with zero attached hydrogens (tertiary/aromatic N) is 3. The normalized spacial score (nSPS) is 19.8. The fourth-order valence-electron chi connectivity index (χ4n) is 4.87. The maximum Gasteiger partial charge on any atom is 0.292 e. The van der Waals surface area contributed by atoms with Gasteiger partial charge in [-0.3, -0.25) is 9.89 Å². The first-order valence-electron chi connectivity index (χ1n) is 11.7. The number of benzene rings is 1. The molecule has 0 radical (unpaired) electrons. The van der Waals surface area contributed by atoms with E-state index in [2.05, 4.69) is 31.7 Å². The van der Waals surface area contributed by atoms with Gasteiger partial charge < -0.3 is 9.64 Å². The summed E-state index contributed by atoms with van der Waals surface area (Å²) in [4.78, 5) is 15.1. The Balaban J connectivity index is 1.39. The molecule has 0 bridgehead atoms. The zero-order valence-electron chi connectivity index (χ0n) is 18.9. The first kappa shape index (κ1) is 23.1. The number of nitrogens with one attached hydrogen (secondary N) is 2. The highest BCUT2D eigenvalue weighted by molar-refractivity contribution is 6.35. The largest absolute Gasteiger partial charge is 0.378 e. The number of allylic oxidation sites excluding steroid dienone is 2. The molecule has 9 heteroatoms. The summed E-state index contributed by atoms with van der Waals surface area (Å²) in [5.41, 5.74) is 9.59. The Morgan fingerprint density at radius 2 is 1.97 bits per heavy atom. The van der Waals surface area contributed by atoms with E-state index < -0.39 is 0 Å². The van der Waals surface area contributed by atoms with Crippen molar-refractivity contribution in [2.45, 2.75) is 38.5 Å². The average Bonchev–Trinajstić information content (AvgIpc) is 3.46. The van der Waals surface area contributed by atoms with E-state index in [4.69, 9.17) is 27.9 Å². The van der Waals surface area contributed by atoms with E-state index in [-0.39, 0.29) is 5.91 Å². The average molecular weight is 500 g/mol. The van der Waals surface area contributed by atoms with Crippen LogP contribution in [0.3, 0.4) is 0 Å². The number of ether oxygens (including phenoxy) is 1. The van der Waals surface area contributed by atoms with Crippen LogP contribution >= 0.6 is 23.2 Å². The smallest absolute Gasteiger partial charge is 0.292 e. The van der Waals surface area contributed by atoms with Gasteiger partial charge in [0.15, 0.2) is 5.69 Å². The van der Waals surface area contributed by atoms with E-state index in [0.29, 0.717) is 29.0 Å². The topological polar surface area (TPSA) is 82.6 Å². The number of carbonyl (C=O) groups excluding carboxylic acids is 1. The predicted molar refractivity (Wildman–Crippen MR) is 134 cm³/mol. The molecule has 0 saturated carbocycles. The molecule has 178 valence electrons. The summed E-state index contributed by atoms with van der Waals surface area (Å²) in [5, 5.41) is 12.8. The van der Waals surface area contributed by atoms with Gasteiger partial charge in [-0.2, -0.15) is 10.2 Å². The Morgan fingerprint density at radius 3 is 2.79 bits per heavy atom. The number of H-pyrrole nitrogens is 1. The summed E-state index contributed by atoms with van der Waals surface area (Å²) < 4.78 is 5.56.